The predicted octanol–water partition coefficient (Wildman–Crippen LogP) is 19.9. The summed E-state index contributed by atoms with van der Waals surface area (Å²) >= 11 is 0. The third kappa shape index (κ3) is 7.80. The second kappa shape index (κ2) is 18.9. The first-order chi connectivity index (χ1) is 38.0. The van der Waals surface area contributed by atoms with Crippen LogP contribution in [-0.2, 0) is 5.41 Å². The molecule has 2 heteroatoms. The summed E-state index contributed by atoms with van der Waals surface area (Å²) in [5.41, 5.74) is 25.9. The van der Waals surface area contributed by atoms with Crippen LogP contribution in [-0.4, -0.2) is 4.57 Å². The number of hydrogen-bond acceptors (Lipinski definition) is 1. The minimum atomic E-state index is -0.536. The molecule has 0 unspecified atom stereocenters. The van der Waals surface area contributed by atoms with Crippen LogP contribution in [0.25, 0.3) is 83.1 Å². The maximum atomic E-state index is 2.47. The molecular formula is C75H54N2. The minimum absolute atomic E-state index is 0.536. The summed E-state index contributed by atoms with van der Waals surface area (Å²) in [5.74, 6) is 0. The number of nitrogens with zero attached hydrogens (tertiary/aromatic N) is 2. The van der Waals surface area contributed by atoms with Gasteiger partial charge in [-0.1, -0.05) is 236 Å². The molecule has 0 radical (unpaired) electrons. The van der Waals surface area contributed by atoms with Crippen LogP contribution in [0, 0.1) is 13.8 Å². The van der Waals surface area contributed by atoms with Gasteiger partial charge in [-0.3, -0.25) is 0 Å². The molecule has 364 valence electrons. The molecule has 0 saturated heterocycles. The summed E-state index contributed by atoms with van der Waals surface area (Å²) in [6.07, 6.45) is 0. The molecule has 0 amide bonds. The third-order valence-corrected chi connectivity index (χ3v) is 16.0. The first-order valence-corrected chi connectivity index (χ1v) is 26.7. The minimum Gasteiger partial charge on any atom is -0.310 e. The first kappa shape index (κ1) is 45.8. The monoisotopic (exact) mass is 982 g/mol. The average molecular weight is 983 g/mol. The summed E-state index contributed by atoms with van der Waals surface area (Å²) in [6, 6.07) is 108. The van der Waals surface area contributed by atoms with Gasteiger partial charge >= 0.3 is 0 Å². The van der Waals surface area contributed by atoms with Crippen molar-refractivity contribution in [2.24, 2.45) is 0 Å². The van der Waals surface area contributed by atoms with E-state index in [2.05, 4.69) is 315 Å². The lowest BCUT2D eigenvalue weighted by atomic mass is 9.67. The van der Waals surface area contributed by atoms with Crippen molar-refractivity contribution in [2.75, 3.05) is 4.90 Å². The van der Waals surface area contributed by atoms with Crippen molar-refractivity contribution in [3.63, 3.8) is 0 Å². The summed E-state index contributed by atoms with van der Waals surface area (Å²) in [4.78, 5) is 2.46. The van der Waals surface area contributed by atoms with Gasteiger partial charge in [0.25, 0.3) is 0 Å². The van der Waals surface area contributed by atoms with E-state index < -0.39 is 5.41 Å². The first-order valence-electron chi connectivity index (χ1n) is 26.7. The van der Waals surface area contributed by atoms with Gasteiger partial charge in [0.2, 0.25) is 0 Å². The number of aryl methyl sites for hydroxylation is 2. The van der Waals surface area contributed by atoms with Gasteiger partial charge in [0.1, 0.15) is 0 Å². The largest absolute Gasteiger partial charge is 0.310 e. The number of para-hydroxylation sites is 1. The fourth-order valence-electron chi connectivity index (χ4n) is 12.4. The van der Waals surface area contributed by atoms with E-state index in [1.165, 1.54) is 94.1 Å². The fraction of sp³-hybridized carbons (Fsp3) is 0.0400. The van der Waals surface area contributed by atoms with E-state index in [0.29, 0.717) is 0 Å². The number of anilines is 3. The van der Waals surface area contributed by atoms with Crippen molar-refractivity contribution in [1.82, 2.24) is 4.57 Å². The Hall–Kier alpha value is -9.76. The Labute approximate surface area is 451 Å². The highest BCUT2D eigenvalue weighted by atomic mass is 15.1. The second-order valence-electron chi connectivity index (χ2n) is 20.6. The van der Waals surface area contributed by atoms with Crippen molar-refractivity contribution in [3.05, 3.63) is 325 Å². The Morgan fingerprint density at radius 1 is 0.299 bits per heavy atom. The molecule has 0 aliphatic heterocycles. The fourth-order valence-corrected chi connectivity index (χ4v) is 12.4. The molecule has 0 saturated carbocycles. The van der Waals surface area contributed by atoms with Crippen LogP contribution in [0.3, 0.4) is 0 Å². The number of fused-ring (bicyclic) bond motifs is 6. The van der Waals surface area contributed by atoms with E-state index in [0.717, 1.165) is 39.4 Å². The molecule has 13 aromatic rings. The van der Waals surface area contributed by atoms with Crippen molar-refractivity contribution in [2.45, 2.75) is 19.3 Å². The normalized spacial score (nSPS) is 12.4. The topological polar surface area (TPSA) is 8.17 Å². The molecule has 14 rings (SSSR count). The number of aromatic nitrogens is 1. The van der Waals surface area contributed by atoms with Gasteiger partial charge in [-0.15, -0.1) is 0 Å². The number of benzene rings is 12. The summed E-state index contributed by atoms with van der Waals surface area (Å²) in [5, 5.41) is 2.59. The van der Waals surface area contributed by atoms with Gasteiger partial charge < -0.3 is 9.47 Å². The lowest BCUT2D eigenvalue weighted by Gasteiger charge is -2.35. The second-order valence-corrected chi connectivity index (χ2v) is 20.6. The highest BCUT2D eigenvalue weighted by molar-refractivity contribution is 6.10. The lowest BCUT2D eigenvalue weighted by Crippen LogP contribution is -2.28. The van der Waals surface area contributed by atoms with E-state index in [9.17, 15) is 0 Å². The molecule has 0 bridgehead atoms. The van der Waals surface area contributed by atoms with Crippen LogP contribution >= 0.6 is 0 Å². The Kier molecular flexibility index (Phi) is 11.2. The molecule has 1 aliphatic carbocycles. The van der Waals surface area contributed by atoms with Gasteiger partial charge in [-0.25, -0.2) is 0 Å². The quantitative estimate of drug-likeness (QED) is 0.133. The van der Waals surface area contributed by atoms with Gasteiger partial charge in [0.15, 0.2) is 0 Å². The van der Waals surface area contributed by atoms with E-state index in [4.69, 9.17) is 0 Å². The molecule has 77 heavy (non-hydrogen) atoms. The summed E-state index contributed by atoms with van der Waals surface area (Å²) in [7, 11) is 0. The zero-order valence-corrected chi connectivity index (χ0v) is 43.1. The lowest BCUT2D eigenvalue weighted by molar-refractivity contribution is 0.768. The van der Waals surface area contributed by atoms with Crippen LogP contribution in [0.15, 0.2) is 291 Å². The Morgan fingerprint density at radius 2 is 0.714 bits per heavy atom. The van der Waals surface area contributed by atoms with Crippen LogP contribution in [0.2, 0.25) is 0 Å². The molecule has 1 heterocycles. The number of hydrogen-bond donors (Lipinski definition) is 0. The molecule has 0 N–H and O–H groups in total. The van der Waals surface area contributed by atoms with Crippen LogP contribution in [0.4, 0.5) is 17.1 Å². The summed E-state index contributed by atoms with van der Waals surface area (Å²) < 4.78 is 2.40. The van der Waals surface area contributed by atoms with E-state index >= 15 is 0 Å². The molecule has 12 aromatic carbocycles. The average Bonchev–Trinajstić information content (AvgIpc) is 4.22. The highest BCUT2D eigenvalue weighted by Gasteiger charge is 2.46. The zero-order valence-electron chi connectivity index (χ0n) is 43.1. The Balaban J connectivity index is 0.851. The number of rotatable bonds is 10. The SMILES string of the molecule is Cc1ccc2c(c1)c1cc(C)ccc1n2-c1ccc(-c2ccc(-c3ccc(N(c4ccc5c(c4)C(c4ccccc4)(c4ccccc4)c4ccccc4-5)c4ccccc4-c4ccc(-c5ccccc5)cc4)cc3)cc2)cc1. The smallest absolute Gasteiger partial charge is 0.0714 e. The maximum Gasteiger partial charge on any atom is 0.0714 e. The van der Waals surface area contributed by atoms with E-state index in [-0.39, 0.29) is 0 Å². The molecule has 1 aliphatic rings. The van der Waals surface area contributed by atoms with Gasteiger partial charge in [-0.05, 0) is 153 Å². The van der Waals surface area contributed by atoms with Crippen molar-refractivity contribution in [3.8, 4) is 61.3 Å². The predicted molar refractivity (Wildman–Crippen MR) is 324 cm³/mol. The Morgan fingerprint density at radius 3 is 1.27 bits per heavy atom. The molecule has 0 fully saturated rings. The van der Waals surface area contributed by atoms with Gasteiger partial charge in [0.05, 0.1) is 22.1 Å². The zero-order chi connectivity index (χ0) is 51.5. The van der Waals surface area contributed by atoms with Crippen molar-refractivity contribution in [1.29, 1.82) is 0 Å². The Bertz CT molecular complexity index is 4190. The van der Waals surface area contributed by atoms with E-state index in [1.54, 1.807) is 0 Å². The van der Waals surface area contributed by atoms with Crippen LogP contribution < -0.4 is 4.90 Å². The van der Waals surface area contributed by atoms with Crippen LogP contribution in [0.5, 0.6) is 0 Å². The van der Waals surface area contributed by atoms with Crippen molar-refractivity contribution >= 4 is 38.9 Å². The molecule has 2 nitrogen and oxygen atoms in total. The summed E-state index contributed by atoms with van der Waals surface area (Å²) in [6.45, 7) is 4.35. The van der Waals surface area contributed by atoms with Gasteiger partial charge in [0, 0.05) is 33.4 Å². The third-order valence-electron chi connectivity index (χ3n) is 16.0. The van der Waals surface area contributed by atoms with E-state index in [1.807, 2.05) is 0 Å². The van der Waals surface area contributed by atoms with Gasteiger partial charge in [-0.2, -0.15) is 0 Å². The molecule has 1 aromatic heterocycles. The highest BCUT2D eigenvalue weighted by Crippen LogP contribution is 2.57. The maximum absolute atomic E-state index is 2.47. The standard InChI is InChI=1S/C75H54N2/c1-51-26-46-73-68(48-51)69-49-52(2)27-47-74(69)77(73)63-42-38-58(39-43-63)56-30-28-55(29-31-56)57-36-40-62(41-37-57)76(72-25-15-13-22-65(72)59-34-32-54(33-35-59)53-16-6-3-7-17-53)64-44-45-67-66-23-12-14-24-70(66)75(71(67)50-64,60-18-8-4-9-19-60)61-20-10-5-11-21-61/h3-50H,1-2H3. The molecule has 0 atom stereocenters. The molecular weight excluding hydrogens is 929 g/mol. The molecule has 0 spiro atoms. The van der Waals surface area contributed by atoms with Crippen molar-refractivity contribution < 1.29 is 0 Å². The van der Waals surface area contributed by atoms with Crippen LogP contribution in [0.1, 0.15) is 33.4 Å².